The number of carbonyl (C=O) groups excluding carboxylic acids is 1. The summed E-state index contributed by atoms with van der Waals surface area (Å²) in [6, 6.07) is 4.36. The lowest BCUT2D eigenvalue weighted by Crippen LogP contribution is -2.62. The molecule has 5 heterocycles. The fourth-order valence-electron chi connectivity index (χ4n) is 4.45. The largest absolute Gasteiger partial charge is 0.449 e. The summed E-state index contributed by atoms with van der Waals surface area (Å²) < 4.78 is 5.69. The summed E-state index contributed by atoms with van der Waals surface area (Å²) in [5.41, 5.74) is 6.27. The minimum atomic E-state index is -0.554. The molecule has 2 bridgehead atoms. The second kappa shape index (κ2) is 5.97. The molecule has 0 saturated carbocycles. The first-order valence-corrected chi connectivity index (χ1v) is 8.90. The zero-order valence-corrected chi connectivity index (χ0v) is 14.5. The molecule has 4 aliphatic heterocycles. The Balaban J connectivity index is 1.69. The van der Waals surface area contributed by atoms with Crippen LogP contribution < -0.4 is 5.73 Å². The van der Waals surface area contributed by atoms with E-state index >= 15 is 0 Å². The van der Waals surface area contributed by atoms with Crippen LogP contribution in [0, 0.1) is 5.92 Å². The number of halogens is 1. The molecule has 2 N–H and O–H groups in total. The van der Waals surface area contributed by atoms with Crippen LogP contribution >= 0.6 is 11.6 Å². The van der Waals surface area contributed by atoms with E-state index in [2.05, 4.69) is 16.7 Å². The molecule has 0 radical (unpaired) electrons. The van der Waals surface area contributed by atoms with E-state index in [0.717, 1.165) is 12.2 Å². The molecule has 0 unspecified atom stereocenters. The molecular formula is C18H22ClN3O2. The van der Waals surface area contributed by atoms with Crippen molar-refractivity contribution in [3.05, 3.63) is 40.8 Å². The van der Waals surface area contributed by atoms with E-state index in [1.807, 2.05) is 12.2 Å². The molecule has 24 heavy (non-hydrogen) atoms. The lowest BCUT2D eigenvalue weighted by Gasteiger charge is -2.54. The van der Waals surface area contributed by atoms with Crippen LogP contribution in [0.3, 0.4) is 0 Å². The molecule has 0 aromatic carbocycles. The highest BCUT2D eigenvalue weighted by atomic mass is 35.5. The van der Waals surface area contributed by atoms with Gasteiger partial charge in [0, 0.05) is 23.7 Å². The van der Waals surface area contributed by atoms with Crippen molar-refractivity contribution in [2.45, 2.75) is 31.8 Å². The summed E-state index contributed by atoms with van der Waals surface area (Å²) in [4.78, 5) is 16.3. The van der Waals surface area contributed by atoms with Crippen LogP contribution in [0.4, 0.5) is 0 Å². The molecule has 2 atom stereocenters. The number of hydrogen-bond donors (Lipinski definition) is 1. The fourth-order valence-corrected chi connectivity index (χ4v) is 4.62. The smallest absolute Gasteiger partial charge is 0.284 e. The average molecular weight is 348 g/mol. The third-order valence-corrected chi connectivity index (χ3v) is 5.92. The van der Waals surface area contributed by atoms with Crippen LogP contribution in [0.25, 0.3) is 5.70 Å². The van der Waals surface area contributed by atoms with Gasteiger partial charge >= 0.3 is 0 Å². The monoisotopic (exact) mass is 347 g/mol. The molecule has 6 heteroatoms. The van der Waals surface area contributed by atoms with Gasteiger partial charge in [-0.25, -0.2) is 0 Å². The lowest BCUT2D eigenvalue weighted by molar-refractivity contribution is -0.0137. The number of furan rings is 1. The van der Waals surface area contributed by atoms with Gasteiger partial charge in [0.1, 0.15) is 0 Å². The maximum Gasteiger partial charge on any atom is 0.284 e. The minimum absolute atomic E-state index is 0.179. The van der Waals surface area contributed by atoms with Gasteiger partial charge in [0.2, 0.25) is 0 Å². The Hall–Kier alpha value is -1.72. The number of piperidine rings is 3. The van der Waals surface area contributed by atoms with Crippen LogP contribution in [-0.2, 0) is 0 Å². The first-order valence-electron chi connectivity index (χ1n) is 8.52. The van der Waals surface area contributed by atoms with Gasteiger partial charge in [-0.15, -0.1) is 0 Å². The maximum atomic E-state index is 11.4. The number of rotatable bonds is 3. The zero-order chi connectivity index (χ0) is 16.8. The summed E-state index contributed by atoms with van der Waals surface area (Å²) >= 11 is 6.26. The standard InChI is InChI=1S/C18H22ClN3O2/c1-11-17(12-4-7-21(11)8-5-12)22-9-6-13(19)10-14(22)15-2-3-16(24-15)18(20)23/h2-3,6,10-12,17H,4-5,7-9H2,1H3,(H2,20,23)/t11-,17-/m0/s1. The van der Waals surface area contributed by atoms with Gasteiger partial charge in [-0.2, -0.15) is 0 Å². The van der Waals surface area contributed by atoms with Crippen molar-refractivity contribution in [3.63, 3.8) is 0 Å². The van der Waals surface area contributed by atoms with E-state index in [1.165, 1.54) is 25.9 Å². The molecule has 4 aliphatic rings. The molecular weight excluding hydrogens is 326 g/mol. The molecule has 1 aromatic heterocycles. The summed E-state index contributed by atoms with van der Waals surface area (Å²) in [5.74, 6) is 0.962. The number of hydrogen-bond acceptors (Lipinski definition) is 4. The highest BCUT2D eigenvalue weighted by Crippen LogP contribution is 2.40. The summed E-state index contributed by atoms with van der Waals surface area (Å²) in [6.07, 6.45) is 6.44. The number of primary amides is 1. The molecule has 3 saturated heterocycles. The Kier molecular flexibility index (Phi) is 3.93. The first-order chi connectivity index (χ1) is 11.5. The van der Waals surface area contributed by atoms with Crippen LogP contribution in [0.5, 0.6) is 0 Å². The normalized spacial score (nSPS) is 32.5. The van der Waals surface area contributed by atoms with Gasteiger partial charge in [-0.05, 0) is 63.1 Å². The molecule has 0 spiro atoms. The highest BCUT2D eigenvalue weighted by Gasteiger charge is 2.44. The molecule has 5 rings (SSSR count). The third kappa shape index (κ3) is 2.56. The predicted octanol–water partition coefficient (Wildman–Crippen LogP) is 2.64. The van der Waals surface area contributed by atoms with Crippen LogP contribution in [0.1, 0.15) is 36.1 Å². The Bertz CT molecular complexity index is 714. The molecule has 1 aromatic rings. The number of fused-ring (bicyclic) bond motifs is 3. The highest BCUT2D eigenvalue weighted by molar-refractivity contribution is 6.31. The molecule has 128 valence electrons. The van der Waals surface area contributed by atoms with E-state index in [0.29, 0.717) is 28.8 Å². The Labute approximate surface area is 146 Å². The molecule has 5 nitrogen and oxygen atoms in total. The quantitative estimate of drug-likeness (QED) is 0.913. The Morgan fingerprint density at radius 3 is 2.71 bits per heavy atom. The fraction of sp³-hybridized carbons (Fsp3) is 0.500. The second-order valence-corrected chi connectivity index (χ2v) is 7.34. The van der Waals surface area contributed by atoms with Gasteiger partial charge < -0.3 is 15.1 Å². The average Bonchev–Trinajstić information content (AvgIpc) is 3.07. The van der Waals surface area contributed by atoms with Crippen molar-refractivity contribution in [2.75, 3.05) is 19.6 Å². The van der Waals surface area contributed by atoms with Gasteiger partial charge in [-0.1, -0.05) is 11.6 Å². The van der Waals surface area contributed by atoms with E-state index in [-0.39, 0.29) is 5.76 Å². The van der Waals surface area contributed by atoms with Crippen molar-refractivity contribution in [3.8, 4) is 0 Å². The van der Waals surface area contributed by atoms with Crippen molar-refractivity contribution in [1.82, 2.24) is 9.80 Å². The second-order valence-electron chi connectivity index (χ2n) is 6.90. The van der Waals surface area contributed by atoms with Gasteiger partial charge in [-0.3, -0.25) is 9.69 Å². The van der Waals surface area contributed by atoms with Gasteiger partial charge in [0.05, 0.1) is 5.70 Å². The van der Waals surface area contributed by atoms with Crippen molar-refractivity contribution in [1.29, 1.82) is 0 Å². The summed E-state index contributed by atoms with van der Waals surface area (Å²) in [7, 11) is 0. The molecule has 1 amide bonds. The summed E-state index contributed by atoms with van der Waals surface area (Å²) in [6.45, 7) is 5.46. The van der Waals surface area contributed by atoms with Crippen LogP contribution in [0.2, 0.25) is 0 Å². The predicted molar refractivity (Wildman–Crippen MR) is 93.4 cm³/mol. The number of nitrogens with two attached hydrogens (primary N) is 1. The molecule has 0 aliphatic carbocycles. The van der Waals surface area contributed by atoms with E-state index in [4.69, 9.17) is 21.8 Å². The van der Waals surface area contributed by atoms with Crippen LogP contribution in [-0.4, -0.2) is 47.4 Å². The summed E-state index contributed by atoms with van der Waals surface area (Å²) in [5, 5.41) is 0.701. The number of allylic oxidation sites excluding steroid dienone is 2. The number of nitrogens with zero attached hydrogens (tertiary/aromatic N) is 2. The third-order valence-electron chi connectivity index (χ3n) is 5.66. The Morgan fingerprint density at radius 1 is 1.33 bits per heavy atom. The first kappa shape index (κ1) is 15.8. The zero-order valence-electron chi connectivity index (χ0n) is 13.7. The van der Waals surface area contributed by atoms with Gasteiger partial charge in [0.15, 0.2) is 11.5 Å². The maximum absolute atomic E-state index is 11.4. The lowest BCUT2D eigenvalue weighted by atomic mass is 9.78. The SMILES string of the molecule is C[C@H]1[C@H](N2CC=C(Cl)C=C2c2ccc(C(N)=O)o2)C2CCN1CC2. The Morgan fingerprint density at radius 2 is 2.08 bits per heavy atom. The number of carbonyl (C=O) groups is 1. The van der Waals surface area contributed by atoms with Crippen molar-refractivity contribution in [2.24, 2.45) is 11.7 Å². The van der Waals surface area contributed by atoms with Crippen molar-refractivity contribution < 1.29 is 9.21 Å². The van der Waals surface area contributed by atoms with Crippen LogP contribution in [0.15, 0.2) is 33.7 Å². The van der Waals surface area contributed by atoms with Gasteiger partial charge in [0.25, 0.3) is 5.91 Å². The van der Waals surface area contributed by atoms with E-state index in [1.54, 1.807) is 12.1 Å². The molecule has 3 fully saturated rings. The van der Waals surface area contributed by atoms with E-state index in [9.17, 15) is 4.79 Å². The minimum Gasteiger partial charge on any atom is -0.449 e. The topological polar surface area (TPSA) is 62.7 Å². The number of amides is 1. The van der Waals surface area contributed by atoms with E-state index < -0.39 is 5.91 Å². The van der Waals surface area contributed by atoms with Crippen molar-refractivity contribution >= 4 is 23.2 Å².